The molecule has 0 bridgehead atoms. The van der Waals surface area contributed by atoms with Gasteiger partial charge in [0.05, 0.1) is 6.42 Å². The Morgan fingerprint density at radius 1 is 1.14 bits per heavy atom. The van der Waals surface area contributed by atoms with Gasteiger partial charge in [0.2, 0.25) is 5.91 Å². The van der Waals surface area contributed by atoms with Gasteiger partial charge in [-0.05, 0) is 19.1 Å². The highest BCUT2D eigenvalue weighted by Gasteiger charge is 2.34. The number of nitrogens with one attached hydrogen (secondary N) is 2. The largest absolute Gasteiger partial charge is 0.326 e. The van der Waals surface area contributed by atoms with E-state index in [9.17, 15) is 4.79 Å². The molecule has 22 heavy (non-hydrogen) atoms. The van der Waals surface area contributed by atoms with Crippen LogP contribution >= 0.6 is 11.8 Å². The second kappa shape index (κ2) is 6.23. The third-order valence-electron chi connectivity index (χ3n) is 3.29. The molecule has 0 saturated heterocycles. The van der Waals surface area contributed by atoms with Crippen molar-refractivity contribution in [3.63, 3.8) is 0 Å². The number of carbonyl (C=O) groups is 1. The van der Waals surface area contributed by atoms with E-state index in [1.807, 2.05) is 67.6 Å². The Balaban J connectivity index is 1.61. The molecule has 2 aromatic rings. The number of rotatable bonds is 4. The lowest BCUT2D eigenvalue weighted by Gasteiger charge is -2.21. The monoisotopic (exact) mass is 311 g/mol. The summed E-state index contributed by atoms with van der Waals surface area (Å²) in [6.07, 6.45) is 0.340. The molecule has 2 N–H and O–H groups in total. The first-order valence-electron chi connectivity index (χ1n) is 7.09. The van der Waals surface area contributed by atoms with Gasteiger partial charge in [0.1, 0.15) is 9.91 Å². The van der Waals surface area contributed by atoms with Gasteiger partial charge in [-0.2, -0.15) is 5.10 Å². The van der Waals surface area contributed by atoms with Crippen LogP contribution in [-0.4, -0.2) is 15.8 Å². The Morgan fingerprint density at radius 2 is 1.77 bits per heavy atom. The quantitative estimate of drug-likeness (QED) is 0.909. The summed E-state index contributed by atoms with van der Waals surface area (Å²) in [5, 5.41) is 8.19. The standard InChI is InChI=1S/C17H17N3OS/c1-17(12-15(21)18-14-10-6-3-7-11-14)20-19-16(22-17)13-8-4-2-5-9-13/h2-11,20H,12H2,1H3,(H,18,21). The molecule has 1 aliphatic rings. The summed E-state index contributed by atoms with van der Waals surface area (Å²) < 4.78 is 0. The number of hydrogen-bond donors (Lipinski definition) is 2. The van der Waals surface area contributed by atoms with E-state index in [-0.39, 0.29) is 5.91 Å². The molecule has 112 valence electrons. The third kappa shape index (κ3) is 3.49. The number of thioether (sulfide) groups is 1. The van der Waals surface area contributed by atoms with E-state index < -0.39 is 4.87 Å². The zero-order chi connectivity index (χ0) is 15.4. The molecule has 5 heteroatoms. The van der Waals surface area contributed by atoms with Gasteiger partial charge in [0.15, 0.2) is 0 Å². The van der Waals surface area contributed by atoms with E-state index >= 15 is 0 Å². The smallest absolute Gasteiger partial charge is 0.227 e. The average molecular weight is 311 g/mol. The van der Waals surface area contributed by atoms with Gasteiger partial charge in [-0.1, -0.05) is 60.3 Å². The van der Waals surface area contributed by atoms with Crippen LogP contribution in [0.15, 0.2) is 65.8 Å². The molecule has 0 saturated carbocycles. The summed E-state index contributed by atoms with van der Waals surface area (Å²) in [6.45, 7) is 1.99. The van der Waals surface area contributed by atoms with Crippen molar-refractivity contribution in [3.8, 4) is 0 Å². The molecule has 3 rings (SSSR count). The minimum atomic E-state index is -0.427. The van der Waals surface area contributed by atoms with Gasteiger partial charge < -0.3 is 5.32 Å². The van der Waals surface area contributed by atoms with Crippen molar-refractivity contribution in [3.05, 3.63) is 66.2 Å². The predicted octanol–water partition coefficient (Wildman–Crippen LogP) is 3.43. The van der Waals surface area contributed by atoms with E-state index in [1.54, 1.807) is 11.8 Å². The first-order chi connectivity index (χ1) is 10.6. The number of carbonyl (C=O) groups excluding carboxylic acids is 1. The average Bonchev–Trinajstić information content (AvgIpc) is 2.91. The lowest BCUT2D eigenvalue weighted by Crippen LogP contribution is -2.36. The van der Waals surface area contributed by atoms with Crippen molar-refractivity contribution >= 4 is 28.4 Å². The van der Waals surface area contributed by atoms with E-state index in [1.165, 1.54) is 0 Å². The van der Waals surface area contributed by atoms with Crippen LogP contribution in [0.5, 0.6) is 0 Å². The molecular weight excluding hydrogens is 294 g/mol. The van der Waals surface area contributed by atoms with Gasteiger partial charge in [-0.25, -0.2) is 0 Å². The first-order valence-corrected chi connectivity index (χ1v) is 7.90. The van der Waals surface area contributed by atoms with Crippen molar-refractivity contribution < 1.29 is 4.79 Å². The number of hydrogen-bond acceptors (Lipinski definition) is 4. The summed E-state index contributed by atoms with van der Waals surface area (Å²) in [7, 11) is 0. The van der Waals surface area contributed by atoms with Crippen LogP contribution in [0.4, 0.5) is 5.69 Å². The van der Waals surface area contributed by atoms with E-state index in [0.29, 0.717) is 6.42 Å². The maximum absolute atomic E-state index is 12.2. The number of nitrogens with zero attached hydrogens (tertiary/aromatic N) is 1. The van der Waals surface area contributed by atoms with E-state index in [4.69, 9.17) is 0 Å². The highest BCUT2D eigenvalue weighted by molar-refractivity contribution is 8.15. The maximum atomic E-state index is 12.2. The zero-order valence-electron chi connectivity index (χ0n) is 12.2. The summed E-state index contributed by atoms with van der Waals surface area (Å²) in [5.41, 5.74) is 4.96. The molecule has 2 aromatic carbocycles. The molecular formula is C17H17N3OS. The molecule has 1 atom stereocenters. The van der Waals surface area contributed by atoms with Gasteiger partial charge in [0, 0.05) is 11.3 Å². The first kappa shape index (κ1) is 14.7. The molecule has 1 unspecified atom stereocenters. The van der Waals surface area contributed by atoms with Crippen LogP contribution < -0.4 is 10.7 Å². The number of benzene rings is 2. The Bertz CT molecular complexity index is 688. The molecule has 0 fully saturated rings. The normalized spacial score (nSPS) is 20.1. The summed E-state index contributed by atoms with van der Waals surface area (Å²) in [6, 6.07) is 19.4. The molecule has 0 spiro atoms. The summed E-state index contributed by atoms with van der Waals surface area (Å²) in [4.78, 5) is 11.8. The highest BCUT2D eigenvalue weighted by Crippen LogP contribution is 2.34. The number of anilines is 1. The van der Waals surface area contributed by atoms with Crippen LogP contribution in [0.3, 0.4) is 0 Å². The minimum absolute atomic E-state index is 0.0294. The lowest BCUT2D eigenvalue weighted by atomic mass is 10.2. The van der Waals surface area contributed by atoms with Gasteiger partial charge >= 0.3 is 0 Å². The second-order valence-electron chi connectivity index (χ2n) is 5.32. The molecule has 0 radical (unpaired) electrons. The summed E-state index contributed by atoms with van der Waals surface area (Å²) >= 11 is 1.58. The molecule has 1 heterocycles. The zero-order valence-corrected chi connectivity index (χ0v) is 13.1. The maximum Gasteiger partial charge on any atom is 0.227 e. The fourth-order valence-electron chi connectivity index (χ4n) is 2.24. The van der Waals surface area contributed by atoms with Crippen molar-refractivity contribution in [2.45, 2.75) is 18.2 Å². The highest BCUT2D eigenvalue weighted by atomic mass is 32.2. The van der Waals surface area contributed by atoms with Crippen LogP contribution in [0.25, 0.3) is 0 Å². The van der Waals surface area contributed by atoms with Crippen molar-refractivity contribution in [2.24, 2.45) is 5.10 Å². The molecule has 1 aliphatic heterocycles. The summed E-state index contributed by atoms with van der Waals surface area (Å²) in [5.74, 6) is -0.0294. The van der Waals surface area contributed by atoms with Gasteiger partial charge in [-0.15, -0.1) is 0 Å². The number of para-hydroxylation sites is 1. The van der Waals surface area contributed by atoms with Gasteiger partial charge in [0.25, 0.3) is 0 Å². The molecule has 1 amide bonds. The molecule has 0 aromatic heterocycles. The SMILES string of the molecule is CC1(CC(=O)Nc2ccccc2)NN=C(c2ccccc2)S1. The molecule has 4 nitrogen and oxygen atoms in total. The van der Waals surface area contributed by atoms with Crippen LogP contribution in [0, 0.1) is 0 Å². The van der Waals surface area contributed by atoms with Crippen molar-refractivity contribution in [1.82, 2.24) is 5.43 Å². The molecule has 0 aliphatic carbocycles. The van der Waals surface area contributed by atoms with Crippen LogP contribution in [-0.2, 0) is 4.79 Å². The lowest BCUT2D eigenvalue weighted by molar-refractivity contribution is -0.116. The Labute approximate surface area is 134 Å². The van der Waals surface area contributed by atoms with Gasteiger partial charge in [-0.3, -0.25) is 10.2 Å². The third-order valence-corrected chi connectivity index (χ3v) is 4.50. The number of hydrazone groups is 1. The fraction of sp³-hybridized carbons (Fsp3) is 0.176. The van der Waals surface area contributed by atoms with Crippen LogP contribution in [0.2, 0.25) is 0 Å². The topological polar surface area (TPSA) is 53.5 Å². The van der Waals surface area contributed by atoms with Crippen LogP contribution in [0.1, 0.15) is 18.9 Å². The number of amides is 1. The minimum Gasteiger partial charge on any atom is -0.326 e. The fourth-order valence-corrected chi connectivity index (χ4v) is 3.31. The Kier molecular flexibility index (Phi) is 4.15. The van der Waals surface area contributed by atoms with Crippen molar-refractivity contribution in [2.75, 3.05) is 5.32 Å². The Hall–Kier alpha value is -2.27. The van der Waals surface area contributed by atoms with E-state index in [2.05, 4.69) is 15.8 Å². The second-order valence-corrected chi connectivity index (χ2v) is 6.81. The predicted molar refractivity (Wildman–Crippen MR) is 91.8 cm³/mol. The Morgan fingerprint density at radius 3 is 2.45 bits per heavy atom. The van der Waals surface area contributed by atoms with E-state index in [0.717, 1.165) is 16.3 Å². The van der Waals surface area contributed by atoms with Crippen molar-refractivity contribution in [1.29, 1.82) is 0 Å².